The first-order chi connectivity index (χ1) is 7.02. The van der Waals surface area contributed by atoms with Crippen molar-refractivity contribution in [2.24, 2.45) is 16.6 Å². The molecule has 0 saturated heterocycles. The number of hydrogen-bond acceptors (Lipinski definition) is 4. The first kappa shape index (κ1) is 13.7. The van der Waals surface area contributed by atoms with Crippen molar-refractivity contribution in [2.75, 3.05) is 13.7 Å². The van der Waals surface area contributed by atoms with Crippen LogP contribution >= 0.6 is 0 Å². The molecule has 0 aromatic rings. The van der Waals surface area contributed by atoms with E-state index < -0.39 is 5.97 Å². The van der Waals surface area contributed by atoms with E-state index >= 15 is 0 Å². The van der Waals surface area contributed by atoms with Crippen LogP contribution in [0.25, 0.3) is 0 Å². The quantitative estimate of drug-likeness (QED) is 0.427. The predicted octanol–water partition coefficient (Wildman–Crippen LogP) is 1.51. The van der Waals surface area contributed by atoms with Crippen molar-refractivity contribution in [1.29, 1.82) is 0 Å². The summed E-state index contributed by atoms with van der Waals surface area (Å²) in [7, 11) is 1.60. The Hall–Kier alpha value is -1.32. The van der Waals surface area contributed by atoms with E-state index in [4.69, 9.17) is 10.5 Å². The molecule has 15 heavy (non-hydrogen) atoms. The normalized spacial score (nSPS) is 13.1. The van der Waals surface area contributed by atoms with Crippen molar-refractivity contribution >= 4 is 12.2 Å². The summed E-state index contributed by atoms with van der Waals surface area (Å²) < 4.78 is 4.89. The Morgan fingerprint density at radius 2 is 2.13 bits per heavy atom. The van der Waals surface area contributed by atoms with Crippen LogP contribution in [0, 0.1) is 5.92 Å². The highest BCUT2D eigenvalue weighted by Gasteiger charge is 2.13. The minimum Gasteiger partial charge on any atom is -0.462 e. The lowest BCUT2D eigenvalue weighted by Gasteiger charge is -2.09. The number of nitrogens with zero attached hydrogens (tertiary/aromatic N) is 1. The zero-order valence-corrected chi connectivity index (χ0v) is 9.91. The molecule has 4 heteroatoms. The van der Waals surface area contributed by atoms with Crippen molar-refractivity contribution < 1.29 is 9.53 Å². The fraction of sp³-hybridized carbons (Fsp3) is 0.636. The maximum atomic E-state index is 11.5. The SMILES string of the molecule is CCOC(=O)C(C=NC)=C(N)CC(C)C. The van der Waals surface area contributed by atoms with Gasteiger partial charge in [-0.3, -0.25) is 4.99 Å². The first-order valence-electron chi connectivity index (χ1n) is 5.10. The predicted molar refractivity (Wildman–Crippen MR) is 61.7 cm³/mol. The van der Waals surface area contributed by atoms with Crippen molar-refractivity contribution in [3.8, 4) is 0 Å². The van der Waals surface area contributed by atoms with Gasteiger partial charge in [0, 0.05) is 19.0 Å². The fourth-order valence-electron chi connectivity index (χ4n) is 1.15. The molecule has 0 saturated carbocycles. The van der Waals surface area contributed by atoms with Gasteiger partial charge in [-0.2, -0.15) is 0 Å². The van der Waals surface area contributed by atoms with E-state index in [2.05, 4.69) is 4.99 Å². The summed E-state index contributed by atoms with van der Waals surface area (Å²) in [6.07, 6.45) is 2.12. The molecule has 0 aromatic heterocycles. The summed E-state index contributed by atoms with van der Waals surface area (Å²) >= 11 is 0. The Morgan fingerprint density at radius 1 is 1.53 bits per heavy atom. The second kappa shape index (κ2) is 7.04. The van der Waals surface area contributed by atoms with Gasteiger partial charge in [-0.1, -0.05) is 13.8 Å². The molecule has 4 nitrogen and oxygen atoms in total. The molecule has 0 fully saturated rings. The highest BCUT2D eigenvalue weighted by molar-refractivity contribution is 6.10. The smallest absolute Gasteiger partial charge is 0.341 e. The van der Waals surface area contributed by atoms with E-state index in [1.165, 1.54) is 6.21 Å². The third-order valence-corrected chi connectivity index (χ3v) is 1.73. The molecular formula is C11H20N2O2. The van der Waals surface area contributed by atoms with E-state index in [-0.39, 0.29) is 0 Å². The summed E-state index contributed by atoms with van der Waals surface area (Å²) in [5, 5.41) is 0. The van der Waals surface area contributed by atoms with Gasteiger partial charge in [-0.25, -0.2) is 4.79 Å². The number of rotatable bonds is 5. The number of ether oxygens (including phenoxy) is 1. The first-order valence-corrected chi connectivity index (χ1v) is 5.10. The van der Waals surface area contributed by atoms with Crippen LogP contribution in [0.4, 0.5) is 0 Å². The second-order valence-corrected chi connectivity index (χ2v) is 3.64. The van der Waals surface area contributed by atoms with Crippen LogP contribution in [0.15, 0.2) is 16.3 Å². The highest BCUT2D eigenvalue weighted by Crippen LogP contribution is 2.10. The number of carbonyl (C=O) groups excluding carboxylic acids is 1. The van der Waals surface area contributed by atoms with Crippen LogP contribution in [0.3, 0.4) is 0 Å². The van der Waals surface area contributed by atoms with Crippen LogP contribution in [-0.4, -0.2) is 25.8 Å². The Balaban J connectivity index is 4.83. The molecule has 0 rings (SSSR count). The molecule has 0 aliphatic rings. The average Bonchev–Trinajstić information content (AvgIpc) is 2.13. The molecule has 0 aromatic carbocycles. The van der Waals surface area contributed by atoms with Crippen molar-refractivity contribution in [2.45, 2.75) is 27.2 Å². The standard InChI is InChI=1S/C11H20N2O2/c1-5-15-11(14)9(7-13-4)10(12)6-8(2)3/h7-8H,5-6,12H2,1-4H3. The molecule has 0 heterocycles. The van der Waals surface area contributed by atoms with Crippen LogP contribution in [0.1, 0.15) is 27.2 Å². The Morgan fingerprint density at radius 3 is 2.53 bits per heavy atom. The number of esters is 1. The van der Waals surface area contributed by atoms with Crippen LogP contribution in [0.2, 0.25) is 0 Å². The van der Waals surface area contributed by atoms with Crippen molar-refractivity contribution in [3.05, 3.63) is 11.3 Å². The van der Waals surface area contributed by atoms with E-state index in [1.807, 2.05) is 13.8 Å². The van der Waals surface area contributed by atoms with Gasteiger partial charge in [0.25, 0.3) is 0 Å². The van der Waals surface area contributed by atoms with Gasteiger partial charge in [-0.15, -0.1) is 0 Å². The van der Waals surface area contributed by atoms with Crippen LogP contribution < -0.4 is 5.73 Å². The van der Waals surface area contributed by atoms with Gasteiger partial charge in [0.05, 0.1) is 12.2 Å². The van der Waals surface area contributed by atoms with E-state index in [1.54, 1.807) is 14.0 Å². The molecule has 0 radical (unpaired) electrons. The zero-order valence-electron chi connectivity index (χ0n) is 9.91. The van der Waals surface area contributed by atoms with Crippen molar-refractivity contribution in [1.82, 2.24) is 0 Å². The summed E-state index contributed by atoms with van der Waals surface area (Å²) in [5.41, 5.74) is 6.73. The fourth-order valence-corrected chi connectivity index (χ4v) is 1.15. The Bertz CT molecular complexity index is 268. The lowest BCUT2D eigenvalue weighted by atomic mass is 10.0. The molecule has 0 bridgehead atoms. The largest absolute Gasteiger partial charge is 0.462 e. The number of allylic oxidation sites excluding steroid dienone is 1. The lowest BCUT2D eigenvalue weighted by molar-refractivity contribution is -0.137. The minimum absolute atomic E-state index is 0.342. The molecule has 0 amide bonds. The van der Waals surface area contributed by atoms with Crippen LogP contribution in [0.5, 0.6) is 0 Å². The molecule has 0 aliphatic heterocycles. The Kier molecular flexibility index (Phi) is 6.42. The minimum atomic E-state index is -0.402. The van der Waals surface area contributed by atoms with Gasteiger partial charge in [0.2, 0.25) is 0 Å². The molecule has 0 spiro atoms. The summed E-state index contributed by atoms with van der Waals surface area (Å²) in [5.74, 6) is 0.000864. The topological polar surface area (TPSA) is 64.7 Å². The number of carbonyl (C=O) groups is 1. The number of nitrogens with two attached hydrogens (primary N) is 1. The summed E-state index contributed by atoms with van der Waals surface area (Å²) in [6, 6.07) is 0. The van der Waals surface area contributed by atoms with Gasteiger partial charge < -0.3 is 10.5 Å². The van der Waals surface area contributed by atoms with Crippen molar-refractivity contribution in [3.63, 3.8) is 0 Å². The summed E-state index contributed by atoms with van der Waals surface area (Å²) in [4.78, 5) is 15.3. The molecular weight excluding hydrogens is 192 g/mol. The second-order valence-electron chi connectivity index (χ2n) is 3.64. The zero-order chi connectivity index (χ0) is 11.8. The number of hydrogen-bond donors (Lipinski definition) is 1. The maximum absolute atomic E-state index is 11.5. The molecule has 0 atom stereocenters. The monoisotopic (exact) mass is 212 g/mol. The van der Waals surface area contributed by atoms with Gasteiger partial charge in [0.15, 0.2) is 0 Å². The van der Waals surface area contributed by atoms with Gasteiger partial charge in [0.1, 0.15) is 0 Å². The Labute approximate surface area is 91.2 Å². The molecule has 86 valence electrons. The van der Waals surface area contributed by atoms with E-state index in [0.29, 0.717) is 30.2 Å². The van der Waals surface area contributed by atoms with Gasteiger partial charge in [-0.05, 0) is 19.3 Å². The third-order valence-electron chi connectivity index (χ3n) is 1.73. The molecule has 0 unspecified atom stereocenters. The lowest BCUT2D eigenvalue weighted by Crippen LogP contribution is -2.16. The van der Waals surface area contributed by atoms with E-state index in [0.717, 1.165) is 0 Å². The van der Waals surface area contributed by atoms with Gasteiger partial charge >= 0.3 is 5.97 Å². The highest BCUT2D eigenvalue weighted by atomic mass is 16.5. The molecule has 2 N–H and O–H groups in total. The molecule has 0 aliphatic carbocycles. The summed E-state index contributed by atoms with van der Waals surface area (Å²) in [6.45, 7) is 6.18. The van der Waals surface area contributed by atoms with E-state index in [9.17, 15) is 4.79 Å². The number of aliphatic imine (C=N–C) groups is 1. The third kappa shape index (κ3) is 5.20. The average molecular weight is 212 g/mol. The maximum Gasteiger partial charge on any atom is 0.341 e. The van der Waals surface area contributed by atoms with Crippen LogP contribution in [-0.2, 0) is 9.53 Å².